The molecule has 3 aromatic rings. The SMILES string of the molecule is Cc1c(NC(=O)CCCN2C(=O)C(=Cc3cccs3)SC2=S)c(=O)n(-c2ccccc2)n1C. The van der Waals surface area contributed by atoms with E-state index in [2.05, 4.69) is 5.32 Å². The van der Waals surface area contributed by atoms with E-state index in [4.69, 9.17) is 12.2 Å². The van der Waals surface area contributed by atoms with Crippen LogP contribution >= 0.6 is 35.3 Å². The number of thiophene rings is 1. The summed E-state index contributed by atoms with van der Waals surface area (Å²) in [5, 5.41) is 4.70. The van der Waals surface area contributed by atoms with Crippen LogP contribution in [-0.2, 0) is 16.6 Å². The van der Waals surface area contributed by atoms with E-state index in [1.165, 1.54) is 21.3 Å². The van der Waals surface area contributed by atoms with Crippen molar-refractivity contribution in [3.63, 3.8) is 0 Å². The molecule has 3 heterocycles. The number of thioether (sulfide) groups is 1. The van der Waals surface area contributed by atoms with Crippen molar-refractivity contribution >= 4 is 63.2 Å². The molecule has 10 heteroatoms. The Bertz CT molecular complexity index is 1290. The molecular formula is C23H22N4O3S3. The third kappa shape index (κ3) is 4.87. The van der Waals surface area contributed by atoms with Gasteiger partial charge in [0.15, 0.2) is 0 Å². The number of thiocarbonyl (C=S) groups is 1. The largest absolute Gasteiger partial charge is 0.320 e. The van der Waals surface area contributed by atoms with Crippen LogP contribution < -0.4 is 10.9 Å². The van der Waals surface area contributed by atoms with E-state index in [-0.39, 0.29) is 29.5 Å². The molecule has 4 rings (SSSR count). The highest BCUT2D eigenvalue weighted by atomic mass is 32.2. The highest BCUT2D eigenvalue weighted by molar-refractivity contribution is 8.26. The molecule has 0 atom stereocenters. The smallest absolute Gasteiger partial charge is 0.295 e. The van der Waals surface area contributed by atoms with E-state index in [0.29, 0.717) is 27.9 Å². The molecular weight excluding hydrogens is 476 g/mol. The highest BCUT2D eigenvalue weighted by Crippen LogP contribution is 2.33. The Morgan fingerprint density at radius 2 is 1.91 bits per heavy atom. The van der Waals surface area contributed by atoms with Gasteiger partial charge in [0.1, 0.15) is 10.0 Å². The summed E-state index contributed by atoms with van der Waals surface area (Å²) in [4.78, 5) is 41.3. The summed E-state index contributed by atoms with van der Waals surface area (Å²) in [5.41, 5.74) is 1.35. The number of hydrogen-bond acceptors (Lipinski definition) is 6. The zero-order valence-corrected chi connectivity index (χ0v) is 20.6. The number of benzene rings is 1. The molecule has 1 saturated heterocycles. The first-order valence-electron chi connectivity index (χ1n) is 10.3. The number of hydrogen-bond donors (Lipinski definition) is 1. The number of carbonyl (C=O) groups is 2. The normalized spacial score (nSPS) is 15.0. The van der Waals surface area contributed by atoms with Crippen LogP contribution in [0.4, 0.5) is 5.69 Å². The minimum absolute atomic E-state index is 0.136. The van der Waals surface area contributed by atoms with Gasteiger partial charge in [0.05, 0.1) is 16.3 Å². The van der Waals surface area contributed by atoms with Gasteiger partial charge in [-0.2, -0.15) is 0 Å². The first kappa shape index (κ1) is 23.2. The minimum Gasteiger partial charge on any atom is -0.320 e. The predicted octanol–water partition coefficient (Wildman–Crippen LogP) is 4.17. The molecule has 170 valence electrons. The molecule has 0 bridgehead atoms. The summed E-state index contributed by atoms with van der Waals surface area (Å²) in [6, 6.07) is 13.1. The zero-order valence-electron chi connectivity index (χ0n) is 18.1. The number of nitrogens with one attached hydrogen (secondary N) is 1. The number of para-hydroxylation sites is 1. The summed E-state index contributed by atoms with van der Waals surface area (Å²) in [6.07, 6.45) is 2.44. The van der Waals surface area contributed by atoms with Crippen LogP contribution in [0.1, 0.15) is 23.4 Å². The van der Waals surface area contributed by atoms with Crippen molar-refractivity contribution in [2.75, 3.05) is 11.9 Å². The van der Waals surface area contributed by atoms with Gasteiger partial charge in [0, 0.05) is 24.9 Å². The summed E-state index contributed by atoms with van der Waals surface area (Å²) < 4.78 is 3.73. The van der Waals surface area contributed by atoms with E-state index >= 15 is 0 Å². The number of rotatable bonds is 7. The lowest BCUT2D eigenvalue weighted by Gasteiger charge is -2.13. The summed E-state index contributed by atoms with van der Waals surface area (Å²) in [6.45, 7) is 2.14. The van der Waals surface area contributed by atoms with Crippen LogP contribution in [0.5, 0.6) is 0 Å². The van der Waals surface area contributed by atoms with Crippen molar-refractivity contribution in [2.45, 2.75) is 19.8 Å². The first-order valence-corrected chi connectivity index (χ1v) is 12.4. The Morgan fingerprint density at radius 1 is 1.15 bits per heavy atom. The van der Waals surface area contributed by atoms with Crippen molar-refractivity contribution in [3.05, 3.63) is 73.7 Å². The van der Waals surface area contributed by atoms with Crippen molar-refractivity contribution in [2.24, 2.45) is 7.05 Å². The van der Waals surface area contributed by atoms with Crippen molar-refractivity contribution in [1.82, 2.24) is 14.3 Å². The molecule has 1 aromatic carbocycles. The van der Waals surface area contributed by atoms with Gasteiger partial charge in [-0.3, -0.25) is 24.0 Å². The molecule has 1 aliphatic rings. The average molecular weight is 499 g/mol. The molecule has 0 unspecified atom stereocenters. The standard InChI is InChI=1S/C23H22N4O3S3/c1-15-20(22(30)27(25(15)2)16-8-4-3-5-9-16)24-19(28)11-6-12-26-21(29)18(33-23(26)31)14-17-10-7-13-32-17/h3-5,7-10,13-14H,6,11-12H2,1-2H3,(H,24,28). The fourth-order valence-corrected chi connectivity index (χ4v) is 5.54. The summed E-state index contributed by atoms with van der Waals surface area (Å²) in [7, 11) is 1.78. The Morgan fingerprint density at radius 3 is 2.61 bits per heavy atom. The van der Waals surface area contributed by atoms with Crippen LogP contribution in [0.25, 0.3) is 11.8 Å². The van der Waals surface area contributed by atoms with Crippen molar-refractivity contribution < 1.29 is 9.59 Å². The molecule has 7 nitrogen and oxygen atoms in total. The number of anilines is 1. The number of nitrogens with zero attached hydrogens (tertiary/aromatic N) is 3. The monoisotopic (exact) mass is 498 g/mol. The van der Waals surface area contributed by atoms with Crippen LogP contribution in [0.3, 0.4) is 0 Å². The molecule has 0 radical (unpaired) electrons. The van der Waals surface area contributed by atoms with E-state index in [9.17, 15) is 14.4 Å². The Balaban J connectivity index is 1.37. The van der Waals surface area contributed by atoms with Crippen LogP contribution in [0.15, 0.2) is 57.5 Å². The summed E-state index contributed by atoms with van der Waals surface area (Å²) in [5.74, 6) is -0.413. The van der Waals surface area contributed by atoms with Crippen molar-refractivity contribution in [3.8, 4) is 5.69 Å². The molecule has 0 aliphatic carbocycles. The molecule has 2 amide bonds. The molecule has 0 saturated carbocycles. The lowest BCUT2D eigenvalue weighted by Crippen LogP contribution is -2.30. The van der Waals surface area contributed by atoms with Gasteiger partial charge in [-0.25, -0.2) is 4.68 Å². The second-order valence-electron chi connectivity index (χ2n) is 7.44. The molecule has 1 fully saturated rings. The van der Waals surface area contributed by atoms with E-state index in [0.717, 1.165) is 10.6 Å². The lowest BCUT2D eigenvalue weighted by molar-refractivity contribution is -0.122. The predicted molar refractivity (Wildman–Crippen MR) is 138 cm³/mol. The van der Waals surface area contributed by atoms with Crippen LogP contribution in [0.2, 0.25) is 0 Å². The Kier molecular flexibility index (Phi) is 6.96. The fourth-order valence-electron chi connectivity index (χ4n) is 3.51. The molecule has 0 spiro atoms. The van der Waals surface area contributed by atoms with Gasteiger partial charge < -0.3 is 5.32 Å². The first-order chi connectivity index (χ1) is 15.9. The maximum atomic E-state index is 12.9. The van der Waals surface area contributed by atoms with Gasteiger partial charge in [-0.05, 0) is 43.0 Å². The van der Waals surface area contributed by atoms with Crippen molar-refractivity contribution in [1.29, 1.82) is 0 Å². The molecule has 1 N–H and O–H groups in total. The molecule has 2 aromatic heterocycles. The molecule has 33 heavy (non-hydrogen) atoms. The second kappa shape index (κ2) is 9.90. The minimum atomic E-state index is -0.287. The molecule has 1 aliphatic heterocycles. The van der Waals surface area contributed by atoms with Gasteiger partial charge in [-0.1, -0.05) is 48.2 Å². The van der Waals surface area contributed by atoms with Gasteiger partial charge in [0.2, 0.25) is 5.91 Å². The fraction of sp³-hybridized carbons (Fsp3) is 0.217. The zero-order chi connectivity index (χ0) is 23.5. The second-order valence-corrected chi connectivity index (χ2v) is 10.1. The third-order valence-corrected chi connectivity index (χ3v) is 7.49. The van der Waals surface area contributed by atoms with Crippen LogP contribution in [-0.4, -0.2) is 36.9 Å². The van der Waals surface area contributed by atoms with E-state index in [1.54, 1.807) is 30.0 Å². The highest BCUT2D eigenvalue weighted by Gasteiger charge is 2.31. The topological polar surface area (TPSA) is 76.3 Å². The Labute approximate surface area is 204 Å². The van der Waals surface area contributed by atoms with Gasteiger partial charge >= 0.3 is 0 Å². The van der Waals surface area contributed by atoms with E-state index in [1.807, 2.05) is 53.9 Å². The lowest BCUT2D eigenvalue weighted by atomic mass is 10.2. The maximum Gasteiger partial charge on any atom is 0.295 e. The number of aromatic nitrogens is 2. The number of amides is 2. The third-order valence-electron chi connectivity index (χ3n) is 5.29. The van der Waals surface area contributed by atoms with Gasteiger partial charge in [-0.15, -0.1) is 11.3 Å². The number of carbonyl (C=O) groups excluding carboxylic acids is 2. The summed E-state index contributed by atoms with van der Waals surface area (Å²) >= 11 is 8.19. The van der Waals surface area contributed by atoms with Gasteiger partial charge in [0.25, 0.3) is 11.5 Å². The Hall–Kier alpha value is -2.95. The van der Waals surface area contributed by atoms with E-state index < -0.39 is 0 Å². The average Bonchev–Trinajstić information content (AvgIpc) is 3.46. The quantitative estimate of drug-likeness (QED) is 0.391. The van der Waals surface area contributed by atoms with Crippen LogP contribution in [0, 0.1) is 6.92 Å². The maximum absolute atomic E-state index is 12.9.